The van der Waals surface area contributed by atoms with Gasteiger partial charge >= 0.3 is 53.5 Å². The number of furan rings is 2. The van der Waals surface area contributed by atoms with E-state index in [4.69, 9.17) is 25.9 Å². The Morgan fingerprint density at radius 3 is 1.08 bits per heavy atom. The number of hydrogen-bond donors (Lipinski definition) is 0. The van der Waals surface area contributed by atoms with Gasteiger partial charge in [-0.2, -0.15) is 0 Å². The fourth-order valence-electron chi connectivity index (χ4n) is 7.54. The minimum Gasteiger partial charge on any atom is -0.496 e. The van der Waals surface area contributed by atoms with Gasteiger partial charge in [-0.25, -0.2) is 0 Å². The van der Waals surface area contributed by atoms with Crippen LogP contribution in [0.4, 0.5) is 0 Å². The molecule has 0 amide bonds. The van der Waals surface area contributed by atoms with E-state index in [2.05, 4.69) is 192 Å². The Balaban J connectivity index is 0.000000177. The fourth-order valence-corrected chi connectivity index (χ4v) is 7.54. The van der Waals surface area contributed by atoms with E-state index < -0.39 is 18.0 Å². The molecule has 0 spiro atoms. The molecule has 0 bridgehead atoms. The summed E-state index contributed by atoms with van der Waals surface area (Å²) in [6.07, 6.45) is 0. The number of rotatable bonds is 4. The molecule has 6 heteroatoms. The largest absolute Gasteiger partial charge is 0.496 e. The molecule has 2 aromatic heterocycles. The molecule has 0 atom stereocenters. The van der Waals surface area contributed by atoms with Gasteiger partial charge in [0, 0.05) is 0 Å². The first kappa shape index (κ1) is 45.9. The van der Waals surface area contributed by atoms with Crippen molar-refractivity contribution >= 4 is 44.0 Å². The Labute approximate surface area is 374 Å². The van der Waals surface area contributed by atoms with Crippen molar-refractivity contribution in [3.05, 3.63) is 154 Å². The molecule has 0 aliphatic heterocycles. The van der Waals surface area contributed by atoms with E-state index in [1.54, 1.807) is 0 Å². The van der Waals surface area contributed by atoms with Crippen molar-refractivity contribution in [1.82, 2.24) is 0 Å². The Morgan fingerprint density at radius 1 is 0.483 bits per heavy atom. The second-order valence-electron chi connectivity index (χ2n) is 18.6. The summed E-state index contributed by atoms with van der Waals surface area (Å²) in [4.78, 5) is 0. The van der Waals surface area contributed by atoms with Crippen molar-refractivity contribution in [3.8, 4) is 44.9 Å². The molecule has 6 aromatic carbocycles. The third-order valence-electron chi connectivity index (χ3n) is 11.6. The molecule has 0 radical (unpaired) electrons. The monoisotopic (exact) mass is 928 g/mol. The van der Waals surface area contributed by atoms with Crippen LogP contribution in [0.5, 0.6) is 0 Å². The van der Waals surface area contributed by atoms with Gasteiger partial charge < -0.3 is 8.83 Å². The quantitative estimate of drug-likeness (QED) is 0.130. The minimum absolute atomic E-state index is 0.169. The molecule has 2 nitrogen and oxygen atoms in total. The summed E-state index contributed by atoms with van der Waals surface area (Å²) in [5.74, 6) is 3.88. The SMILES string of the molecule is C[Si](C)=[Zr]([Cl])[Cl].Cc1cc(-c2cc3c(-c4ccc(C(C)(C)C)cc4)c(C)ccc3[cH-]2)oc1C.Cc1cc(-c2cc3c(-c4ccc(C(C)(C)C)cc4)c(C)ccc3[cH-]2)oc1C. The van der Waals surface area contributed by atoms with Crippen LogP contribution >= 0.6 is 17.0 Å². The molecule has 2 heterocycles. The summed E-state index contributed by atoms with van der Waals surface area (Å²) in [6, 6.07) is 40.2. The van der Waals surface area contributed by atoms with Crippen LogP contribution in [-0.4, -0.2) is 5.43 Å². The van der Waals surface area contributed by atoms with E-state index in [0.29, 0.717) is 0 Å². The van der Waals surface area contributed by atoms with Gasteiger partial charge in [-0.1, -0.05) is 124 Å². The molecule has 0 saturated heterocycles. The summed E-state index contributed by atoms with van der Waals surface area (Å²) in [6.45, 7) is 30.5. The van der Waals surface area contributed by atoms with Crippen molar-refractivity contribution in [1.29, 1.82) is 0 Å². The normalized spacial score (nSPS) is 11.7. The van der Waals surface area contributed by atoms with Gasteiger partial charge in [0.05, 0.1) is 23.0 Å². The number of aryl methyl sites for hydroxylation is 6. The van der Waals surface area contributed by atoms with Gasteiger partial charge in [-0.05, 0) is 109 Å². The molecule has 0 unspecified atom stereocenters. The van der Waals surface area contributed by atoms with Gasteiger partial charge in [0.2, 0.25) is 0 Å². The summed E-state index contributed by atoms with van der Waals surface area (Å²) in [7, 11) is 11.2. The maximum Gasteiger partial charge on any atom is 0.0925 e. The van der Waals surface area contributed by atoms with Crippen molar-refractivity contribution in [2.24, 2.45) is 0 Å². The Kier molecular flexibility index (Phi) is 14.0. The minimum atomic E-state index is -1.65. The van der Waals surface area contributed by atoms with E-state index in [1.165, 1.54) is 77.2 Å². The Morgan fingerprint density at radius 2 is 0.817 bits per heavy atom. The smallest absolute Gasteiger partial charge is 0.0925 e. The van der Waals surface area contributed by atoms with Crippen LogP contribution in [0.1, 0.15) is 86.4 Å². The van der Waals surface area contributed by atoms with Crippen LogP contribution in [-0.2, 0) is 28.8 Å². The van der Waals surface area contributed by atoms with Crippen LogP contribution in [0.2, 0.25) is 13.1 Å². The molecule has 0 saturated carbocycles. The van der Waals surface area contributed by atoms with Crippen LogP contribution in [0.25, 0.3) is 66.4 Å². The topological polar surface area (TPSA) is 26.3 Å². The Hall–Kier alpha value is -3.66. The average molecular weight is 931 g/mol. The van der Waals surface area contributed by atoms with Crippen molar-refractivity contribution in [2.45, 2.75) is 107 Å². The zero-order chi connectivity index (χ0) is 43.8. The summed E-state index contributed by atoms with van der Waals surface area (Å²) >= 11 is -1.65. The van der Waals surface area contributed by atoms with Gasteiger partial charge in [0.15, 0.2) is 0 Å². The predicted molar refractivity (Wildman–Crippen MR) is 260 cm³/mol. The van der Waals surface area contributed by atoms with Gasteiger partial charge in [-0.3, -0.25) is 0 Å². The van der Waals surface area contributed by atoms with E-state index in [0.717, 1.165) is 34.2 Å². The first-order valence-electron chi connectivity index (χ1n) is 20.9. The summed E-state index contributed by atoms with van der Waals surface area (Å²) in [5, 5.41) is 5.11. The van der Waals surface area contributed by atoms with Crippen LogP contribution < -0.4 is 0 Å². The fraction of sp³-hybridized carbons (Fsp3) is 0.296. The maximum atomic E-state index is 5.96. The second-order valence-corrected chi connectivity index (χ2v) is 41.6. The number of hydrogen-bond acceptors (Lipinski definition) is 2. The summed E-state index contributed by atoms with van der Waals surface area (Å²) in [5.41, 5.74) is 15.3. The van der Waals surface area contributed by atoms with Crippen molar-refractivity contribution in [3.63, 3.8) is 0 Å². The first-order valence-corrected chi connectivity index (χ1v) is 33.4. The molecule has 0 N–H and O–H groups in total. The molecule has 8 rings (SSSR count). The predicted octanol–water partition coefficient (Wildman–Crippen LogP) is 17.6. The Bertz CT molecular complexity index is 2570. The van der Waals surface area contributed by atoms with E-state index in [-0.39, 0.29) is 16.3 Å². The van der Waals surface area contributed by atoms with Crippen molar-refractivity contribution < 1.29 is 26.8 Å². The molecule has 0 aliphatic carbocycles. The molecule has 312 valence electrons. The van der Waals surface area contributed by atoms with Crippen LogP contribution in [0.3, 0.4) is 0 Å². The molecule has 0 fully saturated rings. The van der Waals surface area contributed by atoms with E-state index in [1.807, 2.05) is 13.8 Å². The zero-order valence-electron chi connectivity index (χ0n) is 38.0. The van der Waals surface area contributed by atoms with Crippen LogP contribution in [0, 0.1) is 41.5 Å². The maximum absolute atomic E-state index is 5.96. The number of fused-ring (bicyclic) bond motifs is 2. The van der Waals surface area contributed by atoms with Gasteiger partial charge in [0.25, 0.3) is 0 Å². The second kappa shape index (κ2) is 18.4. The molecule has 8 aromatic rings. The van der Waals surface area contributed by atoms with E-state index in [9.17, 15) is 0 Å². The van der Waals surface area contributed by atoms with Gasteiger partial charge in [-0.15, -0.1) is 57.9 Å². The van der Waals surface area contributed by atoms with Crippen molar-refractivity contribution in [2.75, 3.05) is 0 Å². The van der Waals surface area contributed by atoms with Gasteiger partial charge in [0.1, 0.15) is 0 Å². The molecule has 0 aliphatic rings. The van der Waals surface area contributed by atoms with Crippen LogP contribution in [0.15, 0.2) is 118 Å². The number of halogens is 2. The third kappa shape index (κ3) is 10.3. The molecule has 60 heavy (non-hydrogen) atoms. The first-order chi connectivity index (χ1) is 28.1. The number of benzene rings is 4. The standard InChI is InChI=1S/2C26H27O.C2H6Si.2ClH.Zr/c2*1-16-7-8-20-14-21(24-13-17(2)18(3)27-24)15-23(20)25(16)19-9-11-22(12-10-19)26(4,5)6;1-3-2;;;/h2*7-15H,1-6H3;1-2H3;2*1H;/q2*-1;;;;+2/p-2. The average Bonchev–Trinajstić information content (AvgIpc) is 3.97. The summed E-state index contributed by atoms with van der Waals surface area (Å²) < 4.78 is 11.9. The molecular weight excluding hydrogens is 871 g/mol. The van der Waals surface area contributed by atoms with E-state index >= 15 is 0 Å². The molecular formula is C54H60Cl2O2SiZr-2. The zero-order valence-corrected chi connectivity index (χ0v) is 42.9. The third-order valence-corrected chi connectivity index (χ3v) is 31.3.